The van der Waals surface area contributed by atoms with Gasteiger partial charge in [0.15, 0.2) is 0 Å². The van der Waals surface area contributed by atoms with Crippen molar-refractivity contribution in [3.05, 3.63) is 23.9 Å². The van der Waals surface area contributed by atoms with Crippen molar-refractivity contribution in [2.75, 3.05) is 7.11 Å². The summed E-state index contributed by atoms with van der Waals surface area (Å²) in [7, 11) is 1.67. The Balaban J connectivity index is 2.09. The minimum absolute atomic E-state index is 0.0727. The summed E-state index contributed by atoms with van der Waals surface area (Å²) in [6.45, 7) is 0. The predicted molar refractivity (Wildman–Crippen MR) is 73.7 cm³/mol. The summed E-state index contributed by atoms with van der Waals surface area (Å²) < 4.78 is 5.32. The van der Waals surface area contributed by atoms with Crippen LogP contribution in [0.2, 0.25) is 0 Å². The quantitative estimate of drug-likeness (QED) is 0.894. The lowest BCUT2D eigenvalue weighted by atomic mass is 9.80. The predicted octanol–water partition coefficient (Wildman–Crippen LogP) is 3.07. The Hall–Kier alpha value is -1.09. The van der Waals surface area contributed by atoms with E-state index in [2.05, 4.69) is 11.1 Å². The lowest BCUT2D eigenvalue weighted by Gasteiger charge is -2.31. The van der Waals surface area contributed by atoms with Gasteiger partial charge in [0, 0.05) is 17.3 Å². The fourth-order valence-corrected chi connectivity index (χ4v) is 2.91. The van der Waals surface area contributed by atoms with Gasteiger partial charge in [0.05, 0.1) is 7.11 Å². The maximum Gasteiger partial charge on any atom is 0.216 e. The van der Waals surface area contributed by atoms with Crippen LogP contribution in [0.1, 0.15) is 50.5 Å². The van der Waals surface area contributed by atoms with Crippen LogP contribution in [-0.2, 0) is 6.42 Å². The van der Waals surface area contributed by atoms with Gasteiger partial charge < -0.3 is 10.5 Å². The van der Waals surface area contributed by atoms with Crippen molar-refractivity contribution in [2.24, 2.45) is 5.73 Å². The van der Waals surface area contributed by atoms with Crippen molar-refractivity contribution in [1.82, 2.24) is 4.98 Å². The molecular formula is C15H24N2O. The summed E-state index contributed by atoms with van der Waals surface area (Å²) in [5.41, 5.74) is 7.67. The van der Waals surface area contributed by atoms with Crippen LogP contribution < -0.4 is 10.5 Å². The molecule has 0 saturated heterocycles. The molecule has 1 aliphatic carbocycles. The molecule has 0 bridgehead atoms. The normalized spacial score (nSPS) is 19.9. The number of rotatable bonds is 3. The first-order valence-corrected chi connectivity index (χ1v) is 7.00. The zero-order valence-corrected chi connectivity index (χ0v) is 11.3. The van der Waals surface area contributed by atoms with E-state index in [1.54, 1.807) is 13.3 Å². The molecular weight excluding hydrogens is 224 g/mol. The van der Waals surface area contributed by atoms with Gasteiger partial charge >= 0.3 is 0 Å². The van der Waals surface area contributed by atoms with Gasteiger partial charge in [-0.1, -0.05) is 38.2 Å². The first kappa shape index (κ1) is 13.3. The van der Waals surface area contributed by atoms with Gasteiger partial charge in [-0.05, 0) is 25.3 Å². The lowest BCUT2D eigenvalue weighted by Crippen LogP contribution is -2.42. The van der Waals surface area contributed by atoms with E-state index in [-0.39, 0.29) is 5.54 Å². The molecule has 0 radical (unpaired) electrons. The van der Waals surface area contributed by atoms with Crippen molar-refractivity contribution in [2.45, 2.75) is 56.9 Å². The molecule has 0 spiro atoms. The van der Waals surface area contributed by atoms with Crippen LogP contribution in [0.4, 0.5) is 0 Å². The number of methoxy groups -OCH3 is 1. The average molecular weight is 248 g/mol. The van der Waals surface area contributed by atoms with E-state index in [4.69, 9.17) is 10.5 Å². The second kappa shape index (κ2) is 6.19. The molecule has 3 heteroatoms. The van der Waals surface area contributed by atoms with E-state index in [0.29, 0.717) is 0 Å². The van der Waals surface area contributed by atoms with E-state index in [1.165, 1.54) is 32.1 Å². The third-order valence-corrected chi connectivity index (χ3v) is 3.94. The van der Waals surface area contributed by atoms with Crippen LogP contribution >= 0.6 is 0 Å². The smallest absolute Gasteiger partial charge is 0.216 e. The maximum atomic E-state index is 6.60. The molecule has 1 aromatic rings. The molecule has 0 atom stereocenters. The molecule has 0 unspecified atom stereocenters. The summed E-state index contributed by atoms with van der Waals surface area (Å²) in [6.07, 6.45) is 11.4. The Labute approximate surface area is 110 Å². The van der Waals surface area contributed by atoms with E-state index < -0.39 is 0 Å². The summed E-state index contributed by atoms with van der Waals surface area (Å²) in [5, 5.41) is 0. The SMILES string of the molecule is COc1ncccc1CC1(N)CCCCCCC1. The van der Waals surface area contributed by atoms with Crippen LogP contribution in [0.25, 0.3) is 0 Å². The molecule has 100 valence electrons. The average Bonchev–Trinajstić information content (AvgIpc) is 2.35. The van der Waals surface area contributed by atoms with Crippen LogP contribution in [0.3, 0.4) is 0 Å². The molecule has 18 heavy (non-hydrogen) atoms. The zero-order valence-electron chi connectivity index (χ0n) is 11.3. The minimum Gasteiger partial charge on any atom is -0.481 e. The first-order valence-electron chi connectivity index (χ1n) is 7.00. The molecule has 1 heterocycles. The van der Waals surface area contributed by atoms with E-state index >= 15 is 0 Å². The van der Waals surface area contributed by atoms with Gasteiger partial charge in [-0.2, -0.15) is 0 Å². The third kappa shape index (κ3) is 3.45. The Bertz CT molecular complexity index is 371. The number of ether oxygens (including phenoxy) is 1. The second-order valence-corrected chi connectivity index (χ2v) is 5.48. The van der Waals surface area contributed by atoms with Gasteiger partial charge in [-0.15, -0.1) is 0 Å². The molecule has 2 rings (SSSR count). The number of hydrogen-bond donors (Lipinski definition) is 1. The highest BCUT2D eigenvalue weighted by molar-refractivity contribution is 5.27. The molecule has 1 aromatic heterocycles. The Kier molecular flexibility index (Phi) is 4.59. The molecule has 0 aromatic carbocycles. The van der Waals surface area contributed by atoms with Gasteiger partial charge in [0.2, 0.25) is 5.88 Å². The van der Waals surface area contributed by atoms with Crippen molar-refractivity contribution in [3.63, 3.8) is 0 Å². The number of aromatic nitrogens is 1. The highest BCUT2D eigenvalue weighted by Crippen LogP contribution is 2.29. The highest BCUT2D eigenvalue weighted by Gasteiger charge is 2.27. The Morgan fingerprint density at radius 3 is 2.56 bits per heavy atom. The molecule has 0 aliphatic heterocycles. The van der Waals surface area contributed by atoms with Gasteiger partial charge in [0.1, 0.15) is 0 Å². The number of hydrogen-bond acceptors (Lipinski definition) is 3. The van der Waals surface area contributed by atoms with Gasteiger partial charge in [0.25, 0.3) is 0 Å². The summed E-state index contributed by atoms with van der Waals surface area (Å²) >= 11 is 0. The Morgan fingerprint density at radius 2 is 1.89 bits per heavy atom. The molecule has 1 fully saturated rings. The summed E-state index contributed by atoms with van der Waals surface area (Å²) in [6, 6.07) is 4.04. The van der Waals surface area contributed by atoms with Crippen LogP contribution in [0.5, 0.6) is 5.88 Å². The highest BCUT2D eigenvalue weighted by atomic mass is 16.5. The van der Waals surface area contributed by atoms with Crippen LogP contribution in [0, 0.1) is 0 Å². The standard InChI is InChI=1S/C15H24N2O/c1-18-14-13(8-7-11-17-14)12-15(16)9-5-3-2-4-6-10-15/h7-8,11H,2-6,9-10,12,16H2,1H3. The number of pyridine rings is 1. The van der Waals surface area contributed by atoms with E-state index in [9.17, 15) is 0 Å². The number of nitrogens with zero attached hydrogens (tertiary/aromatic N) is 1. The van der Waals surface area contributed by atoms with Gasteiger partial charge in [-0.25, -0.2) is 4.98 Å². The zero-order chi connectivity index (χ0) is 12.8. The minimum atomic E-state index is -0.0727. The first-order chi connectivity index (χ1) is 8.73. The molecule has 0 amide bonds. The monoisotopic (exact) mass is 248 g/mol. The van der Waals surface area contributed by atoms with E-state index in [0.717, 1.165) is 30.7 Å². The molecule has 1 aliphatic rings. The van der Waals surface area contributed by atoms with Crippen molar-refractivity contribution >= 4 is 0 Å². The largest absolute Gasteiger partial charge is 0.481 e. The topological polar surface area (TPSA) is 48.1 Å². The maximum absolute atomic E-state index is 6.60. The van der Waals surface area contributed by atoms with Crippen molar-refractivity contribution in [3.8, 4) is 5.88 Å². The molecule has 2 N–H and O–H groups in total. The summed E-state index contributed by atoms with van der Waals surface area (Å²) in [5.74, 6) is 0.726. The fraction of sp³-hybridized carbons (Fsp3) is 0.667. The van der Waals surface area contributed by atoms with E-state index in [1.807, 2.05) is 6.07 Å². The molecule has 1 saturated carbocycles. The van der Waals surface area contributed by atoms with Crippen LogP contribution in [0.15, 0.2) is 18.3 Å². The number of nitrogens with two attached hydrogens (primary N) is 1. The van der Waals surface area contributed by atoms with Crippen molar-refractivity contribution < 1.29 is 4.74 Å². The summed E-state index contributed by atoms with van der Waals surface area (Å²) in [4.78, 5) is 4.26. The second-order valence-electron chi connectivity index (χ2n) is 5.48. The fourth-order valence-electron chi connectivity index (χ4n) is 2.91. The lowest BCUT2D eigenvalue weighted by molar-refractivity contribution is 0.308. The van der Waals surface area contributed by atoms with Crippen molar-refractivity contribution in [1.29, 1.82) is 0 Å². The van der Waals surface area contributed by atoms with Gasteiger partial charge in [-0.3, -0.25) is 0 Å². The Morgan fingerprint density at radius 1 is 1.22 bits per heavy atom. The molecule has 3 nitrogen and oxygen atoms in total. The van der Waals surface area contributed by atoms with Crippen LogP contribution in [-0.4, -0.2) is 17.6 Å². The third-order valence-electron chi connectivity index (χ3n) is 3.94.